The molecule has 0 amide bonds. The number of carbonyl (C=O) groups excluding carboxylic acids is 4. The van der Waals surface area contributed by atoms with E-state index in [1.54, 1.807) is 6.92 Å². The summed E-state index contributed by atoms with van der Waals surface area (Å²) in [7, 11) is 0. The van der Waals surface area contributed by atoms with E-state index in [-0.39, 0.29) is 19.0 Å². The SMILES string of the molecule is CCC(C)COC(=O)c1ccc(-c2ccc(OCCCCCCCCCCCCOC(=O)C(CC)(OC(C)=O)OC(C)=O)cc2)cc1. The van der Waals surface area contributed by atoms with Gasteiger partial charge in [0.1, 0.15) is 5.75 Å². The lowest BCUT2D eigenvalue weighted by Crippen LogP contribution is -2.47. The van der Waals surface area contributed by atoms with E-state index in [0.29, 0.717) is 31.1 Å². The number of carbonyl (C=O) groups is 4. The van der Waals surface area contributed by atoms with Crippen molar-refractivity contribution in [3.05, 3.63) is 54.1 Å². The summed E-state index contributed by atoms with van der Waals surface area (Å²) in [5, 5.41) is 0. The van der Waals surface area contributed by atoms with Crippen LogP contribution in [0.2, 0.25) is 0 Å². The first-order valence-corrected chi connectivity index (χ1v) is 17.2. The highest BCUT2D eigenvalue weighted by Gasteiger charge is 2.45. The molecule has 47 heavy (non-hydrogen) atoms. The molecule has 9 heteroatoms. The van der Waals surface area contributed by atoms with Gasteiger partial charge < -0.3 is 23.7 Å². The minimum Gasteiger partial charge on any atom is -0.494 e. The van der Waals surface area contributed by atoms with E-state index >= 15 is 0 Å². The zero-order chi connectivity index (χ0) is 34.5. The van der Waals surface area contributed by atoms with Crippen molar-refractivity contribution in [2.24, 2.45) is 5.92 Å². The molecule has 0 aliphatic heterocycles. The molecule has 0 fully saturated rings. The zero-order valence-electron chi connectivity index (χ0n) is 29.0. The largest absolute Gasteiger partial charge is 0.494 e. The van der Waals surface area contributed by atoms with Crippen LogP contribution in [0.4, 0.5) is 0 Å². The number of hydrogen-bond donors (Lipinski definition) is 0. The molecule has 9 nitrogen and oxygen atoms in total. The molecule has 0 heterocycles. The molecule has 2 aromatic rings. The molecular weight excluding hydrogens is 600 g/mol. The van der Waals surface area contributed by atoms with Crippen LogP contribution in [0.3, 0.4) is 0 Å². The molecule has 1 unspecified atom stereocenters. The van der Waals surface area contributed by atoms with Crippen LogP contribution >= 0.6 is 0 Å². The summed E-state index contributed by atoms with van der Waals surface area (Å²) in [5.74, 6) is -3.39. The predicted octanol–water partition coefficient (Wildman–Crippen LogP) is 8.61. The van der Waals surface area contributed by atoms with Crippen LogP contribution in [-0.4, -0.2) is 49.5 Å². The summed E-state index contributed by atoms with van der Waals surface area (Å²) in [6.45, 7) is 9.35. The molecule has 0 spiro atoms. The minimum absolute atomic E-state index is 0.0238. The molecular formula is C38H54O9. The average Bonchev–Trinajstić information content (AvgIpc) is 3.06. The Morgan fingerprint density at radius 3 is 1.57 bits per heavy atom. The Morgan fingerprint density at radius 2 is 1.11 bits per heavy atom. The number of ether oxygens (including phenoxy) is 5. The number of hydrogen-bond acceptors (Lipinski definition) is 9. The van der Waals surface area contributed by atoms with Gasteiger partial charge in [0, 0.05) is 20.3 Å². The first-order valence-electron chi connectivity index (χ1n) is 17.2. The number of esters is 4. The van der Waals surface area contributed by atoms with Crippen molar-refractivity contribution in [2.75, 3.05) is 19.8 Å². The van der Waals surface area contributed by atoms with Gasteiger partial charge in [-0.15, -0.1) is 0 Å². The van der Waals surface area contributed by atoms with Crippen LogP contribution in [0.25, 0.3) is 11.1 Å². The summed E-state index contributed by atoms with van der Waals surface area (Å²) < 4.78 is 26.6. The van der Waals surface area contributed by atoms with Crippen molar-refractivity contribution in [1.29, 1.82) is 0 Å². The third kappa shape index (κ3) is 15.0. The number of unbranched alkanes of at least 4 members (excludes halogenated alkanes) is 9. The average molecular weight is 655 g/mol. The fourth-order valence-corrected chi connectivity index (χ4v) is 4.90. The molecule has 0 aromatic heterocycles. The second-order valence-corrected chi connectivity index (χ2v) is 12.0. The van der Waals surface area contributed by atoms with Gasteiger partial charge in [0.05, 0.1) is 25.4 Å². The number of rotatable bonds is 23. The summed E-state index contributed by atoms with van der Waals surface area (Å²) in [6.07, 6.45) is 11.7. The Labute approximate surface area is 280 Å². The molecule has 0 bridgehead atoms. The van der Waals surface area contributed by atoms with Gasteiger partial charge in [-0.25, -0.2) is 9.59 Å². The molecule has 0 aliphatic carbocycles. The van der Waals surface area contributed by atoms with Gasteiger partial charge in [0.2, 0.25) is 0 Å². The Morgan fingerprint density at radius 1 is 0.638 bits per heavy atom. The summed E-state index contributed by atoms with van der Waals surface area (Å²) in [6, 6.07) is 15.5. The maximum absolute atomic E-state index is 12.5. The lowest BCUT2D eigenvalue weighted by molar-refractivity contribution is -0.239. The van der Waals surface area contributed by atoms with Crippen molar-refractivity contribution >= 4 is 23.9 Å². The Kier molecular flexibility index (Phi) is 18.3. The smallest absolute Gasteiger partial charge is 0.393 e. The van der Waals surface area contributed by atoms with Crippen molar-refractivity contribution < 1.29 is 42.9 Å². The highest BCUT2D eigenvalue weighted by molar-refractivity contribution is 5.90. The number of benzene rings is 2. The second-order valence-electron chi connectivity index (χ2n) is 12.0. The second kappa shape index (κ2) is 21.8. The highest BCUT2D eigenvalue weighted by Crippen LogP contribution is 2.24. The predicted molar refractivity (Wildman–Crippen MR) is 181 cm³/mol. The molecule has 0 aliphatic rings. The summed E-state index contributed by atoms with van der Waals surface area (Å²) in [4.78, 5) is 47.5. The fraction of sp³-hybridized carbons (Fsp3) is 0.579. The standard InChI is InChI=1S/C38H54O9/c1-6-29(3)28-45-36(41)34-20-18-32(19-21-34)33-22-24-35(25-23-33)43-26-16-14-12-10-8-9-11-13-15-17-27-44-37(42)38(7-2,46-30(4)39)47-31(5)40/h18-25,29H,6-17,26-28H2,1-5H3. The minimum atomic E-state index is -2.02. The third-order valence-electron chi connectivity index (χ3n) is 7.94. The fourth-order valence-electron chi connectivity index (χ4n) is 4.90. The first-order chi connectivity index (χ1) is 22.6. The summed E-state index contributed by atoms with van der Waals surface area (Å²) in [5.41, 5.74) is 2.66. The monoisotopic (exact) mass is 654 g/mol. The van der Waals surface area contributed by atoms with E-state index in [2.05, 4.69) is 13.8 Å². The van der Waals surface area contributed by atoms with Crippen LogP contribution in [0.1, 0.15) is 122 Å². The van der Waals surface area contributed by atoms with Gasteiger partial charge in [0.15, 0.2) is 0 Å². The topological polar surface area (TPSA) is 114 Å². The lowest BCUT2D eigenvalue weighted by atomic mass is 10.0. The normalized spacial score (nSPS) is 11.8. The van der Waals surface area contributed by atoms with E-state index < -0.39 is 23.7 Å². The lowest BCUT2D eigenvalue weighted by Gasteiger charge is -2.28. The van der Waals surface area contributed by atoms with Crippen LogP contribution in [0.15, 0.2) is 48.5 Å². The molecule has 0 saturated carbocycles. The molecule has 0 N–H and O–H groups in total. The maximum Gasteiger partial charge on any atom is 0.393 e. The van der Waals surface area contributed by atoms with Gasteiger partial charge in [-0.2, -0.15) is 0 Å². The van der Waals surface area contributed by atoms with Crippen molar-refractivity contribution in [3.8, 4) is 16.9 Å². The van der Waals surface area contributed by atoms with E-state index in [1.807, 2.05) is 48.5 Å². The van der Waals surface area contributed by atoms with E-state index in [0.717, 1.165) is 69.2 Å². The van der Waals surface area contributed by atoms with Crippen LogP contribution < -0.4 is 4.74 Å². The molecule has 1 atom stereocenters. The third-order valence-corrected chi connectivity index (χ3v) is 7.94. The van der Waals surface area contributed by atoms with Gasteiger partial charge in [0.25, 0.3) is 0 Å². The quantitative estimate of drug-likeness (QED) is 0.0503. The van der Waals surface area contributed by atoms with Crippen molar-refractivity contribution in [2.45, 2.75) is 117 Å². The van der Waals surface area contributed by atoms with E-state index in [4.69, 9.17) is 23.7 Å². The van der Waals surface area contributed by atoms with E-state index in [9.17, 15) is 19.2 Å². The molecule has 260 valence electrons. The maximum atomic E-state index is 12.5. The zero-order valence-corrected chi connectivity index (χ0v) is 29.0. The molecule has 2 aromatic carbocycles. The Hall–Kier alpha value is -3.88. The van der Waals surface area contributed by atoms with Crippen LogP contribution in [-0.2, 0) is 33.3 Å². The molecule has 0 radical (unpaired) electrons. The van der Waals surface area contributed by atoms with Crippen LogP contribution in [0.5, 0.6) is 5.75 Å². The van der Waals surface area contributed by atoms with Gasteiger partial charge in [-0.3, -0.25) is 9.59 Å². The first kappa shape index (κ1) is 39.3. The van der Waals surface area contributed by atoms with Gasteiger partial charge >= 0.3 is 29.7 Å². The van der Waals surface area contributed by atoms with E-state index in [1.165, 1.54) is 25.7 Å². The molecule has 0 saturated heterocycles. The highest BCUT2D eigenvalue weighted by atomic mass is 16.8. The van der Waals surface area contributed by atoms with Gasteiger partial charge in [-0.1, -0.05) is 103 Å². The van der Waals surface area contributed by atoms with Crippen molar-refractivity contribution in [3.63, 3.8) is 0 Å². The van der Waals surface area contributed by atoms with Crippen LogP contribution in [0, 0.1) is 5.92 Å². The Balaban J connectivity index is 1.51. The summed E-state index contributed by atoms with van der Waals surface area (Å²) >= 11 is 0. The molecule has 2 rings (SSSR count). The Bertz CT molecular complexity index is 1200. The van der Waals surface area contributed by atoms with Crippen molar-refractivity contribution in [1.82, 2.24) is 0 Å². The van der Waals surface area contributed by atoms with Gasteiger partial charge in [-0.05, 0) is 54.2 Å².